The summed E-state index contributed by atoms with van der Waals surface area (Å²) in [5, 5.41) is 3.56. The zero-order valence-corrected chi connectivity index (χ0v) is 12.9. The average molecular weight is 309 g/mol. The van der Waals surface area contributed by atoms with Crippen LogP contribution in [0.15, 0.2) is 42.5 Å². The summed E-state index contributed by atoms with van der Waals surface area (Å²) in [6, 6.07) is 14.6. The minimum Gasteiger partial charge on any atom is -0.493 e. The molecule has 0 saturated carbocycles. The first-order valence-corrected chi connectivity index (χ1v) is 8.19. The Morgan fingerprint density at radius 1 is 1.13 bits per heavy atom. The Morgan fingerprint density at radius 2 is 2.04 bits per heavy atom. The fraction of sp³-hybridized carbons (Fsp3) is 0.368. The van der Waals surface area contributed by atoms with Crippen LogP contribution >= 0.6 is 0 Å². The number of rotatable bonds is 4. The van der Waals surface area contributed by atoms with Crippen molar-refractivity contribution in [2.45, 2.75) is 17.8 Å². The van der Waals surface area contributed by atoms with E-state index in [2.05, 4.69) is 29.6 Å². The smallest absolute Gasteiger partial charge is 0.231 e. The van der Waals surface area contributed by atoms with Crippen molar-refractivity contribution in [3.8, 4) is 17.2 Å². The first-order chi connectivity index (χ1) is 11.4. The van der Waals surface area contributed by atoms with Gasteiger partial charge in [0.1, 0.15) is 5.75 Å². The lowest BCUT2D eigenvalue weighted by molar-refractivity contribution is 0.173. The van der Waals surface area contributed by atoms with E-state index in [-0.39, 0.29) is 5.41 Å². The van der Waals surface area contributed by atoms with E-state index in [1.54, 1.807) is 0 Å². The van der Waals surface area contributed by atoms with Gasteiger partial charge >= 0.3 is 0 Å². The fourth-order valence-corrected chi connectivity index (χ4v) is 4.34. The molecule has 0 bridgehead atoms. The molecule has 2 aromatic carbocycles. The van der Waals surface area contributed by atoms with E-state index in [1.165, 1.54) is 11.1 Å². The largest absolute Gasteiger partial charge is 0.493 e. The second-order valence-electron chi connectivity index (χ2n) is 6.54. The minimum atomic E-state index is 0.257. The van der Waals surface area contributed by atoms with Crippen molar-refractivity contribution in [1.29, 1.82) is 0 Å². The molecule has 0 unspecified atom stereocenters. The molecule has 0 spiro atoms. The van der Waals surface area contributed by atoms with Crippen LogP contribution in [0.5, 0.6) is 17.2 Å². The van der Waals surface area contributed by atoms with Crippen molar-refractivity contribution in [3.63, 3.8) is 0 Å². The normalized spacial score (nSPS) is 26.3. The van der Waals surface area contributed by atoms with Gasteiger partial charge in [-0.05, 0) is 29.7 Å². The maximum absolute atomic E-state index is 5.99. The fourth-order valence-electron chi connectivity index (χ4n) is 4.34. The summed E-state index contributed by atoms with van der Waals surface area (Å²) in [4.78, 5) is 0. The van der Waals surface area contributed by atoms with E-state index < -0.39 is 0 Å². The van der Waals surface area contributed by atoms with Gasteiger partial charge in [0.05, 0.1) is 6.61 Å². The second-order valence-corrected chi connectivity index (χ2v) is 6.54. The molecule has 118 valence electrons. The number of ether oxygens (including phenoxy) is 3. The van der Waals surface area contributed by atoms with Crippen LogP contribution in [-0.4, -0.2) is 26.5 Å². The zero-order chi connectivity index (χ0) is 15.3. The number of nitrogens with one attached hydrogen (secondary N) is 1. The van der Waals surface area contributed by atoms with Gasteiger partial charge in [0.15, 0.2) is 11.5 Å². The Bertz CT molecular complexity index is 760. The van der Waals surface area contributed by atoms with Gasteiger partial charge in [0.2, 0.25) is 6.79 Å². The molecule has 23 heavy (non-hydrogen) atoms. The lowest BCUT2D eigenvalue weighted by Gasteiger charge is -2.46. The van der Waals surface area contributed by atoms with Gasteiger partial charge in [-0.25, -0.2) is 0 Å². The van der Waals surface area contributed by atoms with E-state index in [9.17, 15) is 0 Å². The minimum absolute atomic E-state index is 0.257. The number of hydrogen-bond acceptors (Lipinski definition) is 4. The van der Waals surface area contributed by atoms with Gasteiger partial charge in [-0.15, -0.1) is 0 Å². The molecule has 2 atom stereocenters. The lowest BCUT2D eigenvalue weighted by Crippen LogP contribution is -2.44. The van der Waals surface area contributed by atoms with Crippen LogP contribution in [0.3, 0.4) is 0 Å². The highest BCUT2D eigenvalue weighted by atomic mass is 16.7. The predicted octanol–water partition coefficient (Wildman–Crippen LogP) is 2.82. The maximum Gasteiger partial charge on any atom is 0.231 e. The molecule has 4 heteroatoms. The van der Waals surface area contributed by atoms with Gasteiger partial charge in [-0.3, -0.25) is 0 Å². The third-order valence-electron chi connectivity index (χ3n) is 5.49. The number of hydrogen-bond donors (Lipinski definition) is 1. The Balaban J connectivity index is 1.30. The molecule has 0 aromatic heterocycles. The summed E-state index contributed by atoms with van der Waals surface area (Å²) in [7, 11) is 0. The third kappa shape index (κ3) is 1.88. The van der Waals surface area contributed by atoms with Gasteiger partial charge < -0.3 is 19.5 Å². The SMILES string of the molecule is c1ccc2c(c1)[C@H]1CNC[C@@]21CCOc1ccc2c(c1)OCO2. The van der Waals surface area contributed by atoms with E-state index in [0.717, 1.165) is 36.8 Å². The summed E-state index contributed by atoms with van der Waals surface area (Å²) < 4.78 is 16.7. The molecule has 1 saturated heterocycles. The summed E-state index contributed by atoms with van der Waals surface area (Å²) in [5.41, 5.74) is 3.28. The Labute approximate surface area is 135 Å². The molecule has 1 aliphatic carbocycles. The maximum atomic E-state index is 5.99. The summed E-state index contributed by atoms with van der Waals surface area (Å²) in [6.45, 7) is 3.15. The highest BCUT2D eigenvalue weighted by molar-refractivity contribution is 5.52. The van der Waals surface area contributed by atoms with Crippen LogP contribution in [0.1, 0.15) is 23.5 Å². The molecule has 2 heterocycles. The van der Waals surface area contributed by atoms with Crippen molar-refractivity contribution >= 4 is 0 Å². The monoisotopic (exact) mass is 309 g/mol. The molecule has 0 amide bonds. The first kappa shape index (κ1) is 13.3. The summed E-state index contributed by atoms with van der Waals surface area (Å²) in [5.74, 6) is 3.05. The average Bonchev–Trinajstić information content (AvgIpc) is 3.18. The van der Waals surface area contributed by atoms with Crippen molar-refractivity contribution in [2.24, 2.45) is 0 Å². The van der Waals surface area contributed by atoms with Crippen LogP contribution in [0.25, 0.3) is 0 Å². The Hall–Kier alpha value is -2.20. The van der Waals surface area contributed by atoms with Gasteiger partial charge in [0, 0.05) is 30.5 Å². The van der Waals surface area contributed by atoms with Crippen molar-refractivity contribution in [2.75, 3.05) is 26.5 Å². The van der Waals surface area contributed by atoms with Gasteiger partial charge in [0.25, 0.3) is 0 Å². The standard InChI is InChI=1S/C19H19NO3/c1-2-4-15-14(3-1)16-10-20-11-19(15,16)7-8-21-13-5-6-17-18(9-13)23-12-22-17/h1-6,9,16,20H,7-8,10-12H2/t16-,19+/m1/s1. The lowest BCUT2D eigenvalue weighted by atomic mass is 9.56. The van der Waals surface area contributed by atoms with Gasteiger partial charge in [-0.2, -0.15) is 0 Å². The number of benzene rings is 2. The zero-order valence-electron chi connectivity index (χ0n) is 12.9. The molecule has 2 aliphatic heterocycles. The molecule has 4 nitrogen and oxygen atoms in total. The second kappa shape index (κ2) is 4.90. The highest BCUT2D eigenvalue weighted by Crippen LogP contribution is 2.55. The van der Waals surface area contributed by atoms with E-state index >= 15 is 0 Å². The van der Waals surface area contributed by atoms with E-state index in [4.69, 9.17) is 14.2 Å². The predicted molar refractivity (Wildman–Crippen MR) is 86.4 cm³/mol. The van der Waals surface area contributed by atoms with Crippen LogP contribution in [-0.2, 0) is 5.41 Å². The summed E-state index contributed by atoms with van der Waals surface area (Å²) in [6.07, 6.45) is 1.04. The number of fused-ring (bicyclic) bond motifs is 5. The molecule has 1 fully saturated rings. The van der Waals surface area contributed by atoms with Crippen molar-refractivity contribution in [1.82, 2.24) is 5.32 Å². The molecular formula is C19H19NO3. The summed E-state index contributed by atoms with van der Waals surface area (Å²) >= 11 is 0. The molecule has 0 radical (unpaired) electrons. The van der Waals surface area contributed by atoms with Crippen molar-refractivity contribution in [3.05, 3.63) is 53.6 Å². The quantitative estimate of drug-likeness (QED) is 0.943. The van der Waals surface area contributed by atoms with Crippen LogP contribution in [0.2, 0.25) is 0 Å². The molecular weight excluding hydrogens is 290 g/mol. The Morgan fingerprint density at radius 3 is 3.04 bits per heavy atom. The van der Waals surface area contributed by atoms with E-state index in [0.29, 0.717) is 19.3 Å². The third-order valence-corrected chi connectivity index (χ3v) is 5.49. The van der Waals surface area contributed by atoms with Crippen molar-refractivity contribution < 1.29 is 14.2 Å². The highest BCUT2D eigenvalue weighted by Gasteiger charge is 2.53. The topological polar surface area (TPSA) is 39.7 Å². The van der Waals surface area contributed by atoms with Crippen LogP contribution in [0, 0.1) is 0 Å². The Kier molecular flexibility index (Phi) is 2.82. The molecule has 5 rings (SSSR count). The first-order valence-electron chi connectivity index (χ1n) is 8.19. The molecule has 3 aliphatic rings. The van der Waals surface area contributed by atoms with E-state index in [1.807, 2.05) is 18.2 Å². The van der Waals surface area contributed by atoms with Gasteiger partial charge in [-0.1, -0.05) is 24.3 Å². The molecule has 2 aromatic rings. The molecule has 1 N–H and O–H groups in total. The van der Waals surface area contributed by atoms with Crippen LogP contribution < -0.4 is 19.5 Å². The van der Waals surface area contributed by atoms with Crippen LogP contribution in [0.4, 0.5) is 0 Å².